The number of rotatable bonds is 4. The Morgan fingerprint density at radius 3 is 2.78 bits per heavy atom. The standard InChI is InChI=1S/C11H14N4S2.HI/c1-7-15-9(6-16-7)10-3-2-8(17-10)4-5-14-11(12)13;/h2-3,6H,4-5H2,1H3,(H4,12,13,14);1H. The molecular weight excluding hydrogens is 379 g/mol. The van der Waals surface area contributed by atoms with Crippen LogP contribution in [0, 0.1) is 6.92 Å². The number of aromatic nitrogens is 1. The van der Waals surface area contributed by atoms with E-state index >= 15 is 0 Å². The maximum absolute atomic E-state index is 5.28. The van der Waals surface area contributed by atoms with Gasteiger partial charge in [0.1, 0.15) is 0 Å². The highest BCUT2D eigenvalue weighted by Gasteiger charge is 2.05. The van der Waals surface area contributed by atoms with Gasteiger partial charge >= 0.3 is 0 Å². The van der Waals surface area contributed by atoms with Crippen LogP contribution in [-0.4, -0.2) is 17.5 Å². The van der Waals surface area contributed by atoms with Crippen LogP contribution in [0.5, 0.6) is 0 Å². The van der Waals surface area contributed by atoms with Crippen molar-refractivity contribution in [2.75, 3.05) is 6.54 Å². The van der Waals surface area contributed by atoms with Crippen molar-refractivity contribution in [3.8, 4) is 10.6 Å². The molecular formula is C11H15IN4S2. The summed E-state index contributed by atoms with van der Waals surface area (Å²) in [7, 11) is 0. The van der Waals surface area contributed by atoms with Gasteiger partial charge in [0.05, 0.1) is 15.6 Å². The van der Waals surface area contributed by atoms with E-state index < -0.39 is 0 Å². The first-order valence-corrected chi connectivity index (χ1v) is 6.91. The number of guanidine groups is 1. The first-order valence-electron chi connectivity index (χ1n) is 5.22. The first kappa shape index (κ1) is 15.4. The molecule has 18 heavy (non-hydrogen) atoms. The summed E-state index contributed by atoms with van der Waals surface area (Å²) < 4.78 is 0. The van der Waals surface area contributed by atoms with Crippen molar-refractivity contribution in [1.82, 2.24) is 4.98 Å². The van der Waals surface area contributed by atoms with Gasteiger partial charge in [0, 0.05) is 23.2 Å². The zero-order valence-electron chi connectivity index (χ0n) is 9.92. The summed E-state index contributed by atoms with van der Waals surface area (Å²) in [5.74, 6) is 0.150. The van der Waals surface area contributed by atoms with Crippen molar-refractivity contribution < 1.29 is 0 Å². The molecule has 0 unspecified atom stereocenters. The molecule has 4 N–H and O–H groups in total. The van der Waals surface area contributed by atoms with Crippen LogP contribution < -0.4 is 11.5 Å². The second kappa shape index (κ2) is 7.05. The fourth-order valence-electron chi connectivity index (χ4n) is 1.42. The van der Waals surface area contributed by atoms with Crippen LogP contribution in [0.4, 0.5) is 0 Å². The average molecular weight is 394 g/mol. The Balaban J connectivity index is 0.00000162. The van der Waals surface area contributed by atoms with E-state index in [9.17, 15) is 0 Å². The number of nitrogens with zero attached hydrogens (tertiary/aromatic N) is 2. The Labute approximate surface area is 131 Å². The van der Waals surface area contributed by atoms with E-state index in [0.29, 0.717) is 6.54 Å². The third-order valence-corrected chi connectivity index (χ3v) is 4.13. The van der Waals surface area contributed by atoms with Crippen LogP contribution in [0.2, 0.25) is 0 Å². The molecule has 0 amide bonds. The fraction of sp³-hybridized carbons (Fsp3) is 0.273. The van der Waals surface area contributed by atoms with E-state index in [1.165, 1.54) is 9.75 Å². The first-order chi connectivity index (χ1) is 8.15. The lowest BCUT2D eigenvalue weighted by molar-refractivity contribution is 0.981. The predicted molar refractivity (Wildman–Crippen MR) is 90.0 cm³/mol. The van der Waals surface area contributed by atoms with Gasteiger partial charge in [-0.25, -0.2) is 4.98 Å². The van der Waals surface area contributed by atoms with Gasteiger partial charge in [0.25, 0.3) is 0 Å². The number of hydrogen-bond donors (Lipinski definition) is 2. The highest BCUT2D eigenvalue weighted by molar-refractivity contribution is 14.0. The molecule has 0 aliphatic carbocycles. The minimum absolute atomic E-state index is 0. The molecule has 0 aromatic carbocycles. The fourth-order valence-corrected chi connectivity index (χ4v) is 3.07. The summed E-state index contributed by atoms with van der Waals surface area (Å²) in [6.45, 7) is 2.65. The van der Waals surface area contributed by atoms with Crippen LogP contribution in [0.25, 0.3) is 10.6 Å². The predicted octanol–water partition coefficient (Wildman–Crippen LogP) is 2.61. The molecule has 0 atom stereocenters. The van der Waals surface area contributed by atoms with Crippen LogP contribution in [0.3, 0.4) is 0 Å². The molecule has 2 heterocycles. The summed E-state index contributed by atoms with van der Waals surface area (Å²) in [6.07, 6.45) is 0.867. The van der Waals surface area contributed by atoms with E-state index in [2.05, 4.69) is 27.5 Å². The zero-order valence-corrected chi connectivity index (χ0v) is 13.9. The number of nitrogens with two attached hydrogens (primary N) is 2. The third-order valence-electron chi connectivity index (χ3n) is 2.19. The van der Waals surface area contributed by atoms with Crippen molar-refractivity contribution in [3.05, 3.63) is 27.4 Å². The zero-order chi connectivity index (χ0) is 12.3. The molecule has 0 saturated carbocycles. The summed E-state index contributed by atoms with van der Waals surface area (Å²) in [4.78, 5) is 10.9. The second-order valence-corrected chi connectivity index (χ2v) is 5.80. The largest absolute Gasteiger partial charge is 0.370 e. The minimum atomic E-state index is 0. The van der Waals surface area contributed by atoms with Crippen molar-refractivity contribution >= 4 is 52.6 Å². The van der Waals surface area contributed by atoms with E-state index in [4.69, 9.17) is 11.5 Å². The molecule has 0 fully saturated rings. The monoisotopic (exact) mass is 394 g/mol. The Hall–Kier alpha value is -0.670. The number of thiazole rings is 1. The van der Waals surface area contributed by atoms with Gasteiger partial charge in [-0.05, 0) is 19.1 Å². The van der Waals surface area contributed by atoms with Gasteiger partial charge in [-0.3, -0.25) is 4.99 Å². The molecule has 2 aromatic heterocycles. The average Bonchev–Trinajstić information content (AvgIpc) is 2.86. The third kappa shape index (κ3) is 4.21. The van der Waals surface area contributed by atoms with Crippen LogP contribution >= 0.6 is 46.7 Å². The van der Waals surface area contributed by atoms with Crippen molar-refractivity contribution in [2.45, 2.75) is 13.3 Å². The molecule has 0 aliphatic rings. The summed E-state index contributed by atoms with van der Waals surface area (Å²) >= 11 is 3.42. The molecule has 7 heteroatoms. The number of hydrogen-bond acceptors (Lipinski definition) is 4. The minimum Gasteiger partial charge on any atom is -0.370 e. The van der Waals surface area contributed by atoms with Crippen LogP contribution in [0.15, 0.2) is 22.5 Å². The Morgan fingerprint density at radius 2 is 2.17 bits per heavy atom. The molecule has 4 nitrogen and oxygen atoms in total. The number of aliphatic imine (C=N–C) groups is 1. The quantitative estimate of drug-likeness (QED) is 0.476. The maximum Gasteiger partial charge on any atom is 0.185 e. The molecule has 2 aromatic rings. The summed E-state index contributed by atoms with van der Waals surface area (Å²) in [6, 6.07) is 4.21. The lowest BCUT2D eigenvalue weighted by Crippen LogP contribution is -2.23. The normalized spacial score (nSPS) is 9.83. The summed E-state index contributed by atoms with van der Waals surface area (Å²) in [5, 5.41) is 3.18. The Bertz CT molecular complexity index is 529. The van der Waals surface area contributed by atoms with E-state index in [0.717, 1.165) is 17.1 Å². The number of halogens is 1. The van der Waals surface area contributed by atoms with Gasteiger partial charge in [0.15, 0.2) is 5.96 Å². The van der Waals surface area contributed by atoms with E-state index in [-0.39, 0.29) is 29.9 Å². The van der Waals surface area contributed by atoms with Gasteiger partial charge in [-0.15, -0.1) is 46.7 Å². The van der Waals surface area contributed by atoms with Crippen molar-refractivity contribution in [1.29, 1.82) is 0 Å². The van der Waals surface area contributed by atoms with Crippen LogP contribution in [0.1, 0.15) is 9.88 Å². The van der Waals surface area contributed by atoms with Crippen LogP contribution in [-0.2, 0) is 6.42 Å². The van der Waals surface area contributed by atoms with Gasteiger partial charge in [0.2, 0.25) is 0 Å². The van der Waals surface area contributed by atoms with Crippen molar-refractivity contribution in [3.63, 3.8) is 0 Å². The molecule has 0 aliphatic heterocycles. The number of aryl methyl sites for hydroxylation is 1. The lowest BCUT2D eigenvalue weighted by Gasteiger charge is -1.93. The van der Waals surface area contributed by atoms with Gasteiger partial charge in [-0.1, -0.05) is 0 Å². The smallest absolute Gasteiger partial charge is 0.185 e. The Morgan fingerprint density at radius 1 is 1.39 bits per heavy atom. The highest BCUT2D eigenvalue weighted by Crippen LogP contribution is 2.29. The van der Waals surface area contributed by atoms with E-state index in [1.54, 1.807) is 22.7 Å². The molecule has 98 valence electrons. The molecule has 2 rings (SSSR count). The van der Waals surface area contributed by atoms with Gasteiger partial charge in [-0.2, -0.15) is 0 Å². The molecule has 0 spiro atoms. The molecule has 0 radical (unpaired) electrons. The van der Waals surface area contributed by atoms with Gasteiger partial charge < -0.3 is 11.5 Å². The molecule has 0 saturated heterocycles. The Kier molecular flexibility index (Phi) is 6.03. The summed E-state index contributed by atoms with van der Waals surface area (Å²) in [5.41, 5.74) is 11.6. The maximum atomic E-state index is 5.28. The topological polar surface area (TPSA) is 77.3 Å². The second-order valence-electron chi connectivity index (χ2n) is 3.57. The number of thiophene rings is 1. The van der Waals surface area contributed by atoms with Crippen molar-refractivity contribution in [2.24, 2.45) is 16.5 Å². The van der Waals surface area contributed by atoms with E-state index in [1.807, 2.05) is 6.92 Å². The highest BCUT2D eigenvalue weighted by atomic mass is 127. The SMILES string of the molecule is Cc1nc(-c2ccc(CCN=C(N)N)s2)cs1.I. The lowest BCUT2D eigenvalue weighted by atomic mass is 10.3. The molecule has 0 bridgehead atoms.